The first-order chi connectivity index (χ1) is 9.67. The van der Waals surface area contributed by atoms with Crippen LogP contribution in [0.4, 0.5) is 0 Å². The first-order valence-corrected chi connectivity index (χ1v) is 7.93. The number of benzene rings is 1. The molecule has 0 aromatic heterocycles. The molecule has 0 atom stereocenters. The Morgan fingerprint density at radius 2 is 1.95 bits per heavy atom. The predicted molar refractivity (Wildman–Crippen MR) is 85.8 cm³/mol. The van der Waals surface area contributed by atoms with E-state index in [-0.39, 0.29) is 5.97 Å². The van der Waals surface area contributed by atoms with Crippen LogP contribution in [-0.4, -0.2) is 44.2 Å². The summed E-state index contributed by atoms with van der Waals surface area (Å²) in [6.07, 6.45) is 2.14. The molecular formula is C15H20INO3. The number of carbonyl (C=O) groups is 1. The van der Waals surface area contributed by atoms with Gasteiger partial charge in [-0.15, -0.1) is 0 Å². The standard InChI is InChI=1S/C15H20INO3/c1-19-15(18)10-17-8-6-12(7-9-17)11-20-14-4-2-13(16)3-5-14/h2-5,12H,6-11H2,1H3. The van der Waals surface area contributed by atoms with E-state index in [1.807, 2.05) is 12.1 Å². The fraction of sp³-hybridized carbons (Fsp3) is 0.533. The summed E-state index contributed by atoms with van der Waals surface area (Å²) in [5, 5.41) is 0. The SMILES string of the molecule is COC(=O)CN1CCC(COc2ccc(I)cc2)CC1. The molecule has 0 spiro atoms. The average Bonchev–Trinajstić information content (AvgIpc) is 2.48. The van der Waals surface area contributed by atoms with Crippen LogP contribution in [0, 0.1) is 9.49 Å². The van der Waals surface area contributed by atoms with Crippen LogP contribution >= 0.6 is 22.6 Å². The molecule has 1 aliphatic heterocycles. The van der Waals surface area contributed by atoms with Gasteiger partial charge >= 0.3 is 5.97 Å². The molecule has 0 saturated carbocycles. The summed E-state index contributed by atoms with van der Waals surface area (Å²) in [6, 6.07) is 8.12. The molecule has 1 fully saturated rings. The van der Waals surface area contributed by atoms with E-state index in [9.17, 15) is 4.79 Å². The maximum Gasteiger partial charge on any atom is 0.319 e. The minimum absolute atomic E-state index is 0.154. The molecule has 5 heteroatoms. The number of hydrogen-bond acceptors (Lipinski definition) is 4. The first kappa shape index (κ1) is 15.6. The molecule has 0 amide bonds. The first-order valence-electron chi connectivity index (χ1n) is 6.85. The smallest absolute Gasteiger partial charge is 0.319 e. The summed E-state index contributed by atoms with van der Waals surface area (Å²) in [5.74, 6) is 1.35. The lowest BCUT2D eigenvalue weighted by Gasteiger charge is -2.30. The Kier molecular flexibility index (Phi) is 6.09. The Hall–Kier alpha value is -0.820. The van der Waals surface area contributed by atoms with E-state index in [4.69, 9.17) is 4.74 Å². The van der Waals surface area contributed by atoms with Crippen molar-refractivity contribution in [3.8, 4) is 5.75 Å². The lowest BCUT2D eigenvalue weighted by Crippen LogP contribution is -2.39. The van der Waals surface area contributed by atoms with E-state index in [0.717, 1.165) is 38.3 Å². The Morgan fingerprint density at radius 3 is 2.55 bits per heavy atom. The zero-order valence-corrected chi connectivity index (χ0v) is 13.8. The summed E-state index contributed by atoms with van der Waals surface area (Å²) >= 11 is 2.28. The largest absolute Gasteiger partial charge is 0.493 e. The van der Waals surface area contributed by atoms with E-state index >= 15 is 0 Å². The molecule has 0 bridgehead atoms. The molecule has 1 aromatic rings. The summed E-state index contributed by atoms with van der Waals surface area (Å²) in [7, 11) is 1.43. The number of rotatable bonds is 5. The normalized spacial score (nSPS) is 16.9. The molecule has 1 aliphatic rings. The number of carbonyl (C=O) groups excluding carboxylic acids is 1. The maximum absolute atomic E-state index is 11.2. The molecule has 0 aliphatic carbocycles. The molecule has 1 saturated heterocycles. The zero-order chi connectivity index (χ0) is 14.4. The van der Waals surface area contributed by atoms with Gasteiger partial charge in [-0.3, -0.25) is 9.69 Å². The zero-order valence-electron chi connectivity index (χ0n) is 11.7. The monoisotopic (exact) mass is 389 g/mol. The third kappa shape index (κ3) is 4.94. The highest BCUT2D eigenvalue weighted by molar-refractivity contribution is 14.1. The molecular weight excluding hydrogens is 369 g/mol. The van der Waals surface area contributed by atoms with Gasteiger partial charge in [-0.25, -0.2) is 0 Å². The van der Waals surface area contributed by atoms with Crippen LogP contribution in [0.5, 0.6) is 5.75 Å². The van der Waals surface area contributed by atoms with Crippen LogP contribution in [0.25, 0.3) is 0 Å². The number of piperidine rings is 1. The number of hydrogen-bond donors (Lipinski definition) is 0. The van der Waals surface area contributed by atoms with E-state index < -0.39 is 0 Å². The highest BCUT2D eigenvalue weighted by Gasteiger charge is 2.21. The van der Waals surface area contributed by atoms with Crippen molar-refractivity contribution < 1.29 is 14.3 Å². The molecule has 110 valence electrons. The van der Waals surface area contributed by atoms with Crippen LogP contribution < -0.4 is 4.74 Å². The topological polar surface area (TPSA) is 38.8 Å². The molecule has 4 nitrogen and oxygen atoms in total. The molecule has 0 radical (unpaired) electrons. The molecule has 20 heavy (non-hydrogen) atoms. The van der Waals surface area contributed by atoms with Crippen molar-refractivity contribution in [2.75, 3.05) is 33.4 Å². The quantitative estimate of drug-likeness (QED) is 0.573. The average molecular weight is 389 g/mol. The second kappa shape index (κ2) is 7.83. The summed E-state index contributed by atoms with van der Waals surface area (Å²) in [4.78, 5) is 13.4. The predicted octanol–water partition coefficient (Wildman–Crippen LogP) is 2.56. The van der Waals surface area contributed by atoms with Gasteiger partial charge in [0.05, 0.1) is 20.3 Å². The maximum atomic E-state index is 11.2. The van der Waals surface area contributed by atoms with Crippen LogP contribution in [0.3, 0.4) is 0 Å². The number of methoxy groups -OCH3 is 1. The molecule has 1 heterocycles. The van der Waals surface area contributed by atoms with Gasteiger partial charge < -0.3 is 9.47 Å². The van der Waals surface area contributed by atoms with Gasteiger partial charge in [0.25, 0.3) is 0 Å². The van der Waals surface area contributed by atoms with Gasteiger partial charge in [-0.1, -0.05) is 0 Å². The van der Waals surface area contributed by atoms with Crippen LogP contribution in [0.2, 0.25) is 0 Å². The van der Waals surface area contributed by atoms with Gasteiger partial charge in [-0.05, 0) is 78.7 Å². The second-order valence-electron chi connectivity index (χ2n) is 5.06. The van der Waals surface area contributed by atoms with E-state index in [0.29, 0.717) is 12.5 Å². The van der Waals surface area contributed by atoms with Gasteiger partial charge in [0, 0.05) is 3.57 Å². The van der Waals surface area contributed by atoms with E-state index in [2.05, 4.69) is 44.4 Å². The van der Waals surface area contributed by atoms with Crippen molar-refractivity contribution in [3.63, 3.8) is 0 Å². The van der Waals surface area contributed by atoms with Crippen LogP contribution in [0.15, 0.2) is 24.3 Å². The van der Waals surface area contributed by atoms with Crippen LogP contribution in [0.1, 0.15) is 12.8 Å². The summed E-state index contributed by atoms with van der Waals surface area (Å²) < 4.78 is 11.7. The minimum atomic E-state index is -0.154. The van der Waals surface area contributed by atoms with Crippen LogP contribution in [-0.2, 0) is 9.53 Å². The lowest BCUT2D eigenvalue weighted by molar-refractivity contribution is -0.142. The Morgan fingerprint density at radius 1 is 1.30 bits per heavy atom. The Balaban J connectivity index is 1.69. The molecule has 1 aromatic carbocycles. The van der Waals surface area contributed by atoms with Gasteiger partial charge in [0.1, 0.15) is 5.75 Å². The van der Waals surface area contributed by atoms with Crippen molar-refractivity contribution in [3.05, 3.63) is 27.8 Å². The van der Waals surface area contributed by atoms with Crippen molar-refractivity contribution in [1.82, 2.24) is 4.90 Å². The number of likely N-dealkylation sites (tertiary alicyclic amines) is 1. The number of esters is 1. The fourth-order valence-electron chi connectivity index (χ4n) is 2.30. The van der Waals surface area contributed by atoms with Gasteiger partial charge in [-0.2, -0.15) is 0 Å². The molecule has 0 unspecified atom stereocenters. The number of ether oxygens (including phenoxy) is 2. The van der Waals surface area contributed by atoms with Crippen molar-refractivity contribution in [1.29, 1.82) is 0 Å². The third-order valence-corrected chi connectivity index (χ3v) is 4.31. The Bertz CT molecular complexity index is 427. The summed E-state index contributed by atoms with van der Waals surface area (Å²) in [6.45, 7) is 3.04. The highest BCUT2D eigenvalue weighted by Crippen LogP contribution is 2.20. The number of halogens is 1. The number of nitrogens with zero attached hydrogens (tertiary/aromatic N) is 1. The second-order valence-corrected chi connectivity index (χ2v) is 6.31. The fourth-order valence-corrected chi connectivity index (χ4v) is 2.66. The van der Waals surface area contributed by atoms with Crippen molar-refractivity contribution in [2.45, 2.75) is 12.8 Å². The van der Waals surface area contributed by atoms with Crippen molar-refractivity contribution in [2.24, 2.45) is 5.92 Å². The van der Waals surface area contributed by atoms with Gasteiger partial charge in [0.2, 0.25) is 0 Å². The third-order valence-electron chi connectivity index (χ3n) is 3.59. The van der Waals surface area contributed by atoms with Gasteiger partial charge in [0.15, 0.2) is 0 Å². The van der Waals surface area contributed by atoms with E-state index in [1.54, 1.807) is 0 Å². The van der Waals surface area contributed by atoms with E-state index in [1.165, 1.54) is 10.7 Å². The lowest BCUT2D eigenvalue weighted by atomic mass is 9.98. The Labute approximate surface area is 133 Å². The molecule has 0 N–H and O–H groups in total. The summed E-state index contributed by atoms with van der Waals surface area (Å²) in [5.41, 5.74) is 0. The highest BCUT2D eigenvalue weighted by atomic mass is 127. The molecule has 2 rings (SSSR count). The van der Waals surface area contributed by atoms with Crippen molar-refractivity contribution >= 4 is 28.6 Å². The minimum Gasteiger partial charge on any atom is -0.493 e.